The molecule has 1 aromatic heterocycles. The highest BCUT2D eigenvalue weighted by atomic mass is 16.3. The van der Waals surface area contributed by atoms with Crippen molar-refractivity contribution in [1.29, 1.82) is 0 Å². The van der Waals surface area contributed by atoms with Crippen molar-refractivity contribution in [3.05, 3.63) is 52.3 Å². The molecule has 0 amide bonds. The summed E-state index contributed by atoms with van der Waals surface area (Å²) in [4.78, 5) is 0. The summed E-state index contributed by atoms with van der Waals surface area (Å²) in [5, 5.41) is 14.8. The Balaban J connectivity index is 1.90. The molecule has 0 radical (unpaired) electrons. The Morgan fingerprint density at radius 3 is 2.67 bits per heavy atom. The molecule has 0 saturated carbocycles. The standard InChI is InChI=1S/C18H24N2O/c1-4-16-18(12(3)21)17(5-2)20(19-16)11-14-10-13-8-6-7-9-15(13)14/h6-9,12,14,21H,4-5,10-11H2,1-3H3. The number of nitrogens with zero attached hydrogens (tertiary/aromatic N) is 2. The van der Waals surface area contributed by atoms with E-state index in [2.05, 4.69) is 42.8 Å². The molecule has 1 aliphatic rings. The molecule has 0 spiro atoms. The van der Waals surface area contributed by atoms with E-state index in [1.807, 2.05) is 6.92 Å². The van der Waals surface area contributed by atoms with Gasteiger partial charge >= 0.3 is 0 Å². The lowest BCUT2D eigenvalue weighted by atomic mass is 9.77. The Labute approximate surface area is 126 Å². The maximum atomic E-state index is 10.1. The Kier molecular flexibility index (Phi) is 3.85. The summed E-state index contributed by atoms with van der Waals surface area (Å²) >= 11 is 0. The summed E-state index contributed by atoms with van der Waals surface area (Å²) in [5.41, 5.74) is 6.24. The number of benzene rings is 1. The van der Waals surface area contributed by atoms with Crippen LogP contribution in [0.15, 0.2) is 24.3 Å². The summed E-state index contributed by atoms with van der Waals surface area (Å²) in [5.74, 6) is 0.568. The van der Waals surface area contributed by atoms with Gasteiger partial charge in [0.25, 0.3) is 0 Å². The molecule has 3 heteroatoms. The van der Waals surface area contributed by atoms with Gasteiger partial charge < -0.3 is 5.11 Å². The minimum atomic E-state index is -0.433. The van der Waals surface area contributed by atoms with Gasteiger partial charge in [-0.3, -0.25) is 4.68 Å². The van der Waals surface area contributed by atoms with Crippen LogP contribution in [0.4, 0.5) is 0 Å². The number of aliphatic hydroxyl groups excluding tert-OH is 1. The summed E-state index contributed by atoms with van der Waals surface area (Å²) in [6, 6.07) is 8.68. The summed E-state index contributed by atoms with van der Waals surface area (Å²) in [7, 11) is 0. The zero-order valence-electron chi connectivity index (χ0n) is 13.1. The zero-order valence-corrected chi connectivity index (χ0v) is 13.1. The van der Waals surface area contributed by atoms with E-state index >= 15 is 0 Å². The minimum absolute atomic E-state index is 0.433. The maximum absolute atomic E-state index is 10.1. The van der Waals surface area contributed by atoms with Gasteiger partial charge in [-0.15, -0.1) is 0 Å². The first-order chi connectivity index (χ1) is 10.2. The lowest BCUT2D eigenvalue weighted by Crippen LogP contribution is -2.23. The molecule has 0 aliphatic heterocycles. The molecule has 0 saturated heterocycles. The first-order valence-corrected chi connectivity index (χ1v) is 8.00. The van der Waals surface area contributed by atoms with Crippen LogP contribution in [0.2, 0.25) is 0 Å². The second-order valence-electron chi connectivity index (χ2n) is 5.97. The molecule has 2 unspecified atom stereocenters. The van der Waals surface area contributed by atoms with Crippen molar-refractivity contribution in [2.45, 2.75) is 58.6 Å². The number of hydrogen-bond acceptors (Lipinski definition) is 2. The molecule has 2 aromatic rings. The van der Waals surface area contributed by atoms with Crippen molar-refractivity contribution in [3.63, 3.8) is 0 Å². The minimum Gasteiger partial charge on any atom is -0.389 e. The molecule has 3 rings (SSSR count). The van der Waals surface area contributed by atoms with Crippen LogP contribution in [0.5, 0.6) is 0 Å². The average molecular weight is 284 g/mol. The molecule has 21 heavy (non-hydrogen) atoms. The molecule has 1 N–H and O–H groups in total. The van der Waals surface area contributed by atoms with Crippen LogP contribution in [-0.4, -0.2) is 14.9 Å². The molecule has 1 aliphatic carbocycles. The molecule has 1 heterocycles. The van der Waals surface area contributed by atoms with Crippen molar-refractivity contribution in [2.24, 2.45) is 0 Å². The van der Waals surface area contributed by atoms with Gasteiger partial charge in [-0.2, -0.15) is 5.10 Å². The van der Waals surface area contributed by atoms with Crippen molar-refractivity contribution >= 4 is 0 Å². The molecular weight excluding hydrogens is 260 g/mol. The zero-order chi connectivity index (χ0) is 15.0. The number of aromatic nitrogens is 2. The van der Waals surface area contributed by atoms with E-state index in [0.717, 1.165) is 37.1 Å². The smallest absolute Gasteiger partial charge is 0.0798 e. The normalized spacial score (nSPS) is 18.2. The number of aliphatic hydroxyl groups is 1. The van der Waals surface area contributed by atoms with Gasteiger partial charge in [-0.05, 0) is 37.3 Å². The second kappa shape index (κ2) is 5.64. The van der Waals surface area contributed by atoms with Gasteiger partial charge in [0.1, 0.15) is 0 Å². The van der Waals surface area contributed by atoms with Gasteiger partial charge in [0.2, 0.25) is 0 Å². The van der Waals surface area contributed by atoms with Gasteiger partial charge in [-0.25, -0.2) is 0 Å². The highest BCUT2D eigenvalue weighted by Crippen LogP contribution is 2.36. The molecule has 112 valence electrons. The largest absolute Gasteiger partial charge is 0.389 e. The van der Waals surface area contributed by atoms with Crippen LogP contribution < -0.4 is 0 Å². The van der Waals surface area contributed by atoms with E-state index in [1.165, 1.54) is 16.8 Å². The topological polar surface area (TPSA) is 38.0 Å². The van der Waals surface area contributed by atoms with E-state index in [1.54, 1.807) is 0 Å². The number of aryl methyl sites for hydroxylation is 1. The third-order valence-electron chi connectivity index (χ3n) is 4.62. The van der Waals surface area contributed by atoms with Crippen molar-refractivity contribution in [3.8, 4) is 0 Å². The molecule has 0 fully saturated rings. The maximum Gasteiger partial charge on any atom is 0.0798 e. The van der Waals surface area contributed by atoms with E-state index in [9.17, 15) is 5.11 Å². The fourth-order valence-electron chi connectivity index (χ4n) is 3.57. The Hall–Kier alpha value is -1.61. The highest BCUT2D eigenvalue weighted by molar-refractivity contribution is 5.40. The van der Waals surface area contributed by atoms with Crippen LogP contribution in [-0.2, 0) is 25.8 Å². The fraction of sp³-hybridized carbons (Fsp3) is 0.500. The first-order valence-electron chi connectivity index (χ1n) is 8.00. The quantitative estimate of drug-likeness (QED) is 0.914. The average Bonchev–Trinajstić information content (AvgIpc) is 2.82. The number of rotatable bonds is 5. The van der Waals surface area contributed by atoms with E-state index in [0.29, 0.717) is 5.92 Å². The van der Waals surface area contributed by atoms with Crippen molar-refractivity contribution < 1.29 is 5.11 Å². The summed E-state index contributed by atoms with van der Waals surface area (Å²) in [6.45, 7) is 7.03. The van der Waals surface area contributed by atoms with Crippen molar-refractivity contribution in [2.75, 3.05) is 0 Å². The highest BCUT2D eigenvalue weighted by Gasteiger charge is 2.28. The lowest BCUT2D eigenvalue weighted by molar-refractivity contribution is 0.197. The van der Waals surface area contributed by atoms with E-state index in [4.69, 9.17) is 5.10 Å². The molecular formula is C18H24N2O. The number of fused-ring (bicyclic) bond motifs is 1. The first kappa shape index (κ1) is 14.3. The third-order valence-corrected chi connectivity index (χ3v) is 4.62. The van der Waals surface area contributed by atoms with Gasteiger partial charge in [-0.1, -0.05) is 38.1 Å². The lowest BCUT2D eigenvalue weighted by Gasteiger charge is -2.30. The SMILES string of the molecule is CCc1nn(CC2Cc3ccccc32)c(CC)c1C(C)O. The monoisotopic (exact) mass is 284 g/mol. The predicted molar refractivity (Wildman–Crippen MR) is 84.5 cm³/mol. The fourth-order valence-corrected chi connectivity index (χ4v) is 3.57. The van der Waals surface area contributed by atoms with Crippen molar-refractivity contribution in [1.82, 2.24) is 9.78 Å². The number of hydrogen-bond donors (Lipinski definition) is 1. The van der Waals surface area contributed by atoms with Crippen LogP contribution in [0, 0.1) is 0 Å². The third kappa shape index (κ3) is 2.40. The van der Waals surface area contributed by atoms with Gasteiger partial charge in [0, 0.05) is 23.7 Å². The van der Waals surface area contributed by atoms with Crippen LogP contribution >= 0.6 is 0 Å². The van der Waals surface area contributed by atoms with Crippen LogP contribution in [0.3, 0.4) is 0 Å². The molecule has 2 atom stereocenters. The van der Waals surface area contributed by atoms with Gasteiger partial charge in [0.05, 0.1) is 11.8 Å². The predicted octanol–water partition coefficient (Wildman–Crippen LogP) is 3.40. The second-order valence-corrected chi connectivity index (χ2v) is 5.97. The Bertz CT molecular complexity index is 643. The summed E-state index contributed by atoms with van der Waals surface area (Å²) in [6.07, 6.45) is 2.51. The molecule has 3 nitrogen and oxygen atoms in total. The van der Waals surface area contributed by atoms with Crippen LogP contribution in [0.1, 0.15) is 60.9 Å². The summed E-state index contributed by atoms with van der Waals surface area (Å²) < 4.78 is 2.14. The Morgan fingerprint density at radius 2 is 2.05 bits per heavy atom. The van der Waals surface area contributed by atoms with Gasteiger partial charge in [0.15, 0.2) is 0 Å². The van der Waals surface area contributed by atoms with Crippen LogP contribution in [0.25, 0.3) is 0 Å². The molecule has 0 bridgehead atoms. The van der Waals surface area contributed by atoms with E-state index < -0.39 is 6.10 Å². The molecule has 1 aromatic carbocycles. The van der Waals surface area contributed by atoms with E-state index in [-0.39, 0.29) is 0 Å². The Morgan fingerprint density at radius 1 is 1.29 bits per heavy atom.